The van der Waals surface area contributed by atoms with Crippen LogP contribution in [0.5, 0.6) is 5.75 Å². The average molecular weight is 468 g/mol. The van der Waals surface area contributed by atoms with Crippen LogP contribution in [0.15, 0.2) is 36.5 Å². The van der Waals surface area contributed by atoms with E-state index in [2.05, 4.69) is 15.2 Å². The number of hydrogen-bond donors (Lipinski definition) is 2. The number of carbonyl (C=O) groups is 1. The lowest BCUT2D eigenvalue weighted by Crippen LogP contribution is -2.51. The van der Waals surface area contributed by atoms with Crippen molar-refractivity contribution in [2.45, 2.75) is 57.5 Å². The van der Waals surface area contributed by atoms with Crippen LogP contribution in [0.25, 0.3) is 10.9 Å². The minimum absolute atomic E-state index is 0.0578. The Labute approximate surface area is 198 Å². The zero-order chi connectivity index (χ0) is 23.7. The van der Waals surface area contributed by atoms with Crippen molar-refractivity contribution in [3.8, 4) is 5.75 Å². The van der Waals surface area contributed by atoms with Crippen molar-refractivity contribution in [3.05, 3.63) is 64.9 Å². The summed E-state index contributed by atoms with van der Waals surface area (Å²) in [6.45, 7) is 3.98. The minimum atomic E-state index is -0.557. The highest BCUT2D eigenvalue weighted by molar-refractivity contribution is 5.96. The number of aromatic amines is 1. The van der Waals surface area contributed by atoms with E-state index in [1.807, 2.05) is 25.1 Å². The summed E-state index contributed by atoms with van der Waals surface area (Å²) in [6.07, 6.45) is 7.76. The van der Waals surface area contributed by atoms with E-state index in [9.17, 15) is 13.6 Å². The van der Waals surface area contributed by atoms with Gasteiger partial charge in [-0.3, -0.25) is 9.69 Å². The van der Waals surface area contributed by atoms with Crippen molar-refractivity contribution in [1.82, 2.24) is 15.2 Å². The molecule has 1 aliphatic heterocycles. The van der Waals surface area contributed by atoms with E-state index in [0.717, 1.165) is 48.8 Å². The highest BCUT2D eigenvalue weighted by Crippen LogP contribution is 2.34. The lowest BCUT2D eigenvalue weighted by atomic mass is 9.87. The van der Waals surface area contributed by atoms with Gasteiger partial charge in [-0.2, -0.15) is 0 Å². The third-order valence-corrected chi connectivity index (χ3v) is 7.25. The molecule has 2 aromatic carbocycles. The summed E-state index contributed by atoms with van der Waals surface area (Å²) >= 11 is 0. The van der Waals surface area contributed by atoms with Crippen molar-refractivity contribution in [3.63, 3.8) is 0 Å². The molecule has 5 rings (SSSR count). The van der Waals surface area contributed by atoms with Gasteiger partial charge in [-0.25, -0.2) is 8.78 Å². The number of rotatable bonds is 8. The summed E-state index contributed by atoms with van der Waals surface area (Å²) in [6, 6.07) is 8.73. The summed E-state index contributed by atoms with van der Waals surface area (Å²) in [5, 5.41) is 3.53. The Kier molecular flexibility index (Phi) is 6.55. The fourth-order valence-corrected chi connectivity index (χ4v) is 5.32. The number of amides is 1. The summed E-state index contributed by atoms with van der Waals surface area (Å²) in [5.74, 6) is -0.366. The lowest BCUT2D eigenvalue weighted by Gasteiger charge is -2.44. The van der Waals surface area contributed by atoms with Crippen molar-refractivity contribution in [2.24, 2.45) is 0 Å². The number of H-pyrrole nitrogens is 1. The molecule has 5 nitrogen and oxygen atoms in total. The molecule has 0 spiro atoms. The first-order chi connectivity index (χ1) is 16.5. The van der Waals surface area contributed by atoms with Gasteiger partial charge in [-0.05, 0) is 69.3 Å². The van der Waals surface area contributed by atoms with Crippen LogP contribution in [0, 0.1) is 11.6 Å². The predicted octanol–water partition coefficient (Wildman–Crippen LogP) is 4.99. The predicted molar refractivity (Wildman–Crippen MR) is 128 cm³/mol. The monoisotopic (exact) mass is 467 g/mol. The number of aromatic nitrogens is 1. The number of nitrogens with zero attached hydrogens (tertiary/aromatic N) is 1. The summed E-state index contributed by atoms with van der Waals surface area (Å²) in [4.78, 5) is 18.1. The fraction of sp³-hybridized carbons (Fsp3) is 0.444. The molecule has 34 heavy (non-hydrogen) atoms. The second-order valence-electron chi connectivity index (χ2n) is 9.36. The van der Waals surface area contributed by atoms with E-state index in [1.54, 1.807) is 6.20 Å². The lowest BCUT2D eigenvalue weighted by molar-refractivity contribution is 0.0434. The number of fused-ring (bicyclic) bond motifs is 2. The maximum absolute atomic E-state index is 14.1. The number of carbonyl (C=O) groups excluding carboxylic acids is 1. The fourth-order valence-electron chi connectivity index (χ4n) is 5.32. The Hall–Kier alpha value is -2.93. The van der Waals surface area contributed by atoms with Gasteiger partial charge in [0.15, 0.2) is 0 Å². The topological polar surface area (TPSA) is 57.4 Å². The molecule has 0 saturated heterocycles. The molecule has 3 aromatic rings. The SMILES string of the molecule is CCNC(=O)c1cccc2c1CC(N(CCCc1c[nH]c3c(F)cc(F)cc13)C1CCC1)CO2. The van der Waals surface area contributed by atoms with Crippen molar-refractivity contribution >= 4 is 16.8 Å². The molecule has 0 bridgehead atoms. The van der Waals surface area contributed by atoms with Gasteiger partial charge in [0.05, 0.1) is 5.52 Å². The molecule has 7 heteroatoms. The molecule has 180 valence electrons. The minimum Gasteiger partial charge on any atom is -0.492 e. The van der Waals surface area contributed by atoms with E-state index >= 15 is 0 Å². The van der Waals surface area contributed by atoms with Crippen molar-refractivity contribution in [1.29, 1.82) is 0 Å². The van der Waals surface area contributed by atoms with Crippen LogP contribution < -0.4 is 10.1 Å². The molecule has 0 radical (unpaired) electrons. The molecule has 1 fully saturated rings. The van der Waals surface area contributed by atoms with Crippen LogP contribution in [0.1, 0.15) is 54.1 Å². The van der Waals surface area contributed by atoms with Crippen molar-refractivity contribution < 1.29 is 18.3 Å². The Morgan fingerprint density at radius 2 is 2.09 bits per heavy atom. The van der Waals surface area contributed by atoms with E-state index < -0.39 is 11.6 Å². The Balaban J connectivity index is 1.31. The number of hydrogen-bond acceptors (Lipinski definition) is 3. The van der Waals surface area contributed by atoms with Gasteiger partial charge in [0.1, 0.15) is 24.0 Å². The first-order valence-electron chi connectivity index (χ1n) is 12.3. The number of ether oxygens (including phenoxy) is 1. The van der Waals surface area contributed by atoms with Gasteiger partial charge < -0.3 is 15.0 Å². The molecule has 1 saturated carbocycles. The number of halogens is 2. The zero-order valence-electron chi connectivity index (χ0n) is 19.5. The van der Waals surface area contributed by atoms with E-state index in [0.29, 0.717) is 35.7 Å². The third-order valence-electron chi connectivity index (χ3n) is 7.25. The van der Waals surface area contributed by atoms with Crippen LogP contribution in [0.2, 0.25) is 0 Å². The second-order valence-corrected chi connectivity index (χ2v) is 9.36. The van der Waals surface area contributed by atoms with Gasteiger partial charge in [-0.15, -0.1) is 0 Å². The highest BCUT2D eigenvalue weighted by atomic mass is 19.1. The Morgan fingerprint density at radius 1 is 1.24 bits per heavy atom. The van der Waals surface area contributed by atoms with Gasteiger partial charge in [0.2, 0.25) is 0 Å². The van der Waals surface area contributed by atoms with Gasteiger partial charge >= 0.3 is 0 Å². The molecule has 2 N–H and O–H groups in total. The molecule has 2 aliphatic rings. The van der Waals surface area contributed by atoms with Crippen LogP contribution >= 0.6 is 0 Å². The second kappa shape index (κ2) is 9.74. The summed E-state index contributed by atoms with van der Waals surface area (Å²) in [5.41, 5.74) is 2.98. The first-order valence-corrected chi connectivity index (χ1v) is 12.3. The molecule has 1 amide bonds. The van der Waals surface area contributed by atoms with E-state index in [-0.39, 0.29) is 11.9 Å². The van der Waals surface area contributed by atoms with Crippen LogP contribution in [-0.4, -0.2) is 47.6 Å². The number of benzene rings is 2. The smallest absolute Gasteiger partial charge is 0.251 e. The van der Waals surface area contributed by atoms with Gasteiger partial charge in [-0.1, -0.05) is 12.5 Å². The van der Waals surface area contributed by atoms with Crippen LogP contribution in [0.3, 0.4) is 0 Å². The maximum atomic E-state index is 14.1. The number of nitrogens with one attached hydrogen (secondary N) is 2. The first kappa shape index (κ1) is 22.8. The normalized spacial score (nSPS) is 17.9. The molecule has 2 heterocycles. The standard InChI is InChI=1S/C27H31F2N3O2/c1-2-30-27(33)21-9-4-10-25-23(21)14-20(16-34-25)32(19-7-3-8-19)11-5-6-17-15-31-26-22(17)12-18(28)13-24(26)29/h4,9-10,12-13,15,19-20,31H,2-3,5-8,11,14,16H2,1H3,(H,30,33). The highest BCUT2D eigenvalue weighted by Gasteiger charge is 2.34. The molecule has 1 atom stereocenters. The van der Waals surface area contributed by atoms with Crippen LogP contribution in [-0.2, 0) is 12.8 Å². The molecule has 1 aliphatic carbocycles. The van der Waals surface area contributed by atoms with E-state index in [4.69, 9.17) is 4.74 Å². The molecule has 1 aromatic heterocycles. The molecule has 1 unspecified atom stereocenters. The molecular weight excluding hydrogens is 436 g/mol. The summed E-state index contributed by atoms with van der Waals surface area (Å²) < 4.78 is 33.9. The van der Waals surface area contributed by atoms with Crippen molar-refractivity contribution in [2.75, 3.05) is 19.7 Å². The largest absolute Gasteiger partial charge is 0.492 e. The van der Waals surface area contributed by atoms with Gasteiger partial charge in [0.25, 0.3) is 5.91 Å². The van der Waals surface area contributed by atoms with Gasteiger partial charge in [0, 0.05) is 47.4 Å². The zero-order valence-corrected chi connectivity index (χ0v) is 19.5. The van der Waals surface area contributed by atoms with E-state index in [1.165, 1.54) is 25.3 Å². The van der Waals surface area contributed by atoms with Crippen LogP contribution in [0.4, 0.5) is 8.78 Å². The summed E-state index contributed by atoms with van der Waals surface area (Å²) in [7, 11) is 0. The number of aryl methyl sites for hydroxylation is 1. The maximum Gasteiger partial charge on any atom is 0.251 e. The Morgan fingerprint density at radius 3 is 2.85 bits per heavy atom. The quantitative estimate of drug-likeness (QED) is 0.491. The molecular formula is C27H31F2N3O2. The average Bonchev–Trinajstić information content (AvgIpc) is 3.19. The third kappa shape index (κ3) is 4.41. The Bertz CT molecular complexity index is 1190.